The Kier molecular flexibility index (Phi) is 4.48. The first-order chi connectivity index (χ1) is 12.6. The summed E-state index contributed by atoms with van der Waals surface area (Å²) >= 11 is 0. The molecule has 1 aromatic heterocycles. The fraction of sp³-hybridized carbons (Fsp3) is 0.368. The van der Waals surface area contributed by atoms with E-state index in [4.69, 9.17) is 0 Å². The molecule has 0 bridgehead atoms. The monoisotopic (exact) mass is 352 g/mol. The van der Waals surface area contributed by atoms with Crippen LogP contribution in [0.2, 0.25) is 0 Å². The molecule has 0 aliphatic carbocycles. The highest BCUT2D eigenvalue weighted by atomic mass is 16.2. The lowest BCUT2D eigenvalue weighted by Crippen LogP contribution is -2.58. The Labute approximate surface area is 153 Å². The van der Waals surface area contributed by atoms with Gasteiger partial charge in [0.25, 0.3) is 0 Å². The first-order valence-corrected chi connectivity index (χ1v) is 8.96. The summed E-state index contributed by atoms with van der Waals surface area (Å²) in [4.78, 5) is 21.7. The number of amides is 2. The molecule has 0 saturated carbocycles. The molecule has 1 unspecified atom stereocenters. The van der Waals surface area contributed by atoms with Crippen LogP contribution in [0.5, 0.6) is 0 Å². The molecule has 2 aromatic rings. The van der Waals surface area contributed by atoms with Crippen LogP contribution in [0.1, 0.15) is 12.5 Å². The number of anilines is 3. The molecule has 136 valence electrons. The number of hydrogen-bond donors (Lipinski definition) is 2. The molecule has 0 radical (unpaired) electrons. The average molecular weight is 352 g/mol. The lowest BCUT2D eigenvalue weighted by atomic mass is 10.1. The van der Waals surface area contributed by atoms with Crippen molar-refractivity contribution in [3.05, 3.63) is 48.2 Å². The van der Waals surface area contributed by atoms with Crippen molar-refractivity contribution in [2.45, 2.75) is 19.5 Å². The summed E-state index contributed by atoms with van der Waals surface area (Å²) in [6.07, 6.45) is 1.71. The number of nitrogens with one attached hydrogen (secondary N) is 2. The molecule has 7 nitrogen and oxygen atoms in total. The number of aromatic nitrogens is 1. The van der Waals surface area contributed by atoms with Gasteiger partial charge in [0.05, 0.1) is 11.4 Å². The zero-order valence-corrected chi connectivity index (χ0v) is 15.1. The van der Waals surface area contributed by atoms with E-state index in [1.54, 1.807) is 11.1 Å². The van der Waals surface area contributed by atoms with Gasteiger partial charge in [-0.1, -0.05) is 18.2 Å². The third kappa shape index (κ3) is 3.11. The SMILES string of the molecule is CC1CN(NC(=O)N2c3ccccc3CNc3cccnc32)CCN1C. The Bertz CT molecular complexity index is 763. The minimum atomic E-state index is -0.183. The van der Waals surface area contributed by atoms with Crippen LogP contribution in [-0.4, -0.2) is 53.6 Å². The second kappa shape index (κ2) is 6.93. The van der Waals surface area contributed by atoms with Crippen molar-refractivity contribution in [3.63, 3.8) is 0 Å². The lowest BCUT2D eigenvalue weighted by Gasteiger charge is -2.38. The lowest BCUT2D eigenvalue weighted by molar-refractivity contribution is 0.0765. The zero-order chi connectivity index (χ0) is 18.1. The third-order valence-corrected chi connectivity index (χ3v) is 5.12. The molecule has 2 aliphatic heterocycles. The maximum Gasteiger partial charge on any atom is 0.342 e. The number of carbonyl (C=O) groups is 1. The van der Waals surface area contributed by atoms with E-state index in [1.807, 2.05) is 41.4 Å². The number of benzene rings is 1. The first-order valence-electron chi connectivity index (χ1n) is 8.96. The van der Waals surface area contributed by atoms with Crippen LogP contribution in [0.4, 0.5) is 22.0 Å². The van der Waals surface area contributed by atoms with E-state index >= 15 is 0 Å². The predicted molar refractivity (Wildman–Crippen MR) is 102 cm³/mol. The number of nitrogens with zero attached hydrogens (tertiary/aromatic N) is 4. The summed E-state index contributed by atoms with van der Waals surface area (Å²) < 4.78 is 0. The van der Waals surface area contributed by atoms with E-state index in [2.05, 4.69) is 34.6 Å². The van der Waals surface area contributed by atoms with Gasteiger partial charge in [0, 0.05) is 38.4 Å². The predicted octanol–water partition coefficient (Wildman–Crippen LogP) is 2.41. The number of fused-ring (bicyclic) bond motifs is 2. The molecular formula is C19H24N6O. The molecule has 3 heterocycles. The molecule has 2 amide bonds. The molecule has 4 rings (SSSR count). The normalized spacial score (nSPS) is 20.5. The quantitative estimate of drug-likeness (QED) is 0.825. The second-order valence-electron chi connectivity index (χ2n) is 6.88. The standard InChI is InChI=1S/C19H24N6O/c1-14-13-24(11-10-23(14)2)22-19(26)25-17-8-4-3-6-15(17)12-21-16-7-5-9-20-18(16)25/h3-9,14,21H,10-13H2,1-2H3,(H,22,26). The molecule has 1 saturated heterocycles. The van der Waals surface area contributed by atoms with Gasteiger partial charge in [0.1, 0.15) is 0 Å². The topological polar surface area (TPSA) is 63.7 Å². The van der Waals surface area contributed by atoms with Crippen LogP contribution in [0.15, 0.2) is 42.6 Å². The summed E-state index contributed by atoms with van der Waals surface area (Å²) in [7, 11) is 2.11. The van der Waals surface area contributed by atoms with Crippen molar-refractivity contribution < 1.29 is 4.79 Å². The van der Waals surface area contributed by atoms with Gasteiger partial charge in [0.2, 0.25) is 0 Å². The van der Waals surface area contributed by atoms with Crippen molar-refractivity contribution in [3.8, 4) is 0 Å². The summed E-state index contributed by atoms with van der Waals surface area (Å²) in [5.74, 6) is 0.622. The number of hydrogen-bond acceptors (Lipinski definition) is 5. The van der Waals surface area contributed by atoms with E-state index in [1.165, 1.54) is 0 Å². The van der Waals surface area contributed by atoms with Gasteiger partial charge in [-0.3, -0.25) is 5.43 Å². The van der Waals surface area contributed by atoms with E-state index < -0.39 is 0 Å². The Balaban J connectivity index is 1.65. The number of pyridine rings is 1. The van der Waals surface area contributed by atoms with E-state index in [0.29, 0.717) is 18.4 Å². The van der Waals surface area contributed by atoms with Gasteiger partial charge in [0.15, 0.2) is 5.82 Å². The van der Waals surface area contributed by atoms with Gasteiger partial charge in [-0.05, 0) is 37.7 Å². The van der Waals surface area contributed by atoms with Crippen molar-refractivity contribution in [2.24, 2.45) is 0 Å². The summed E-state index contributed by atoms with van der Waals surface area (Å²) in [5.41, 5.74) is 5.85. The molecule has 0 spiro atoms. The number of urea groups is 1. The molecule has 1 fully saturated rings. The molecular weight excluding hydrogens is 328 g/mol. The molecule has 26 heavy (non-hydrogen) atoms. The van der Waals surface area contributed by atoms with Crippen LogP contribution >= 0.6 is 0 Å². The number of para-hydroxylation sites is 1. The number of rotatable bonds is 1. The molecule has 1 atom stereocenters. The molecule has 1 aromatic carbocycles. The summed E-state index contributed by atoms with van der Waals surface area (Å²) in [6.45, 7) is 5.35. The third-order valence-electron chi connectivity index (χ3n) is 5.12. The largest absolute Gasteiger partial charge is 0.378 e. The van der Waals surface area contributed by atoms with Gasteiger partial charge in [-0.15, -0.1) is 0 Å². The van der Waals surface area contributed by atoms with Gasteiger partial charge >= 0.3 is 6.03 Å². The van der Waals surface area contributed by atoms with Crippen LogP contribution in [0, 0.1) is 0 Å². The second-order valence-corrected chi connectivity index (χ2v) is 6.88. The average Bonchev–Trinajstić information content (AvgIpc) is 2.81. The van der Waals surface area contributed by atoms with Gasteiger partial charge in [-0.2, -0.15) is 0 Å². The Morgan fingerprint density at radius 2 is 2.08 bits per heavy atom. The van der Waals surface area contributed by atoms with Crippen LogP contribution < -0.4 is 15.6 Å². The van der Waals surface area contributed by atoms with Crippen LogP contribution in [0.25, 0.3) is 0 Å². The number of piperazine rings is 1. The number of carbonyl (C=O) groups excluding carboxylic acids is 1. The Hall–Kier alpha value is -2.64. The summed E-state index contributed by atoms with van der Waals surface area (Å²) in [5, 5.41) is 5.37. The first kappa shape index (κ1) is 16.8. The summed E-state index contributed by atoms with van der Waals surface area (Å²) in [6, 6.07) is 12.0. The zero-order valence-electron chi connectivity index (χ0n) is 15.1. The van der Waals surface area contributed by atoms with Gasteiger partial charge in [-0.25, -0.2) is 19.7 Å². The number of hydrazine groups is 1. The minimum Gasteiger partial charge on any atom is -0.378 e. The fourth-order valence-corrected chi connectivity index (χ4v) is 3.44. The smallest absolute Gasteiger partial charge is 0.342 e. The highest BCUT2D eigenvalue weighted by Gasteiger charge is 2.29. The van der Waals surface area contributed by atoms with Crippen molar-refractivity contribution in [1.29, 1.82) is 0 Å². The van der Waals surface area contributed by atoms with E-state index in [9.17, 15) is 4.79 Å². The molecule has 2 N–H and O–H groups in total. The maximum atomic E-state index is 13.2. The maximum absolute atomic E-state index is 13.2. The van der Waals surface area contributed by atoms with Crippen molar-refractivity contribution >= 4 is 23.2 Å². The van der Waals surface area contributed by atoms with E-state index in [0.717, 1.165) is 36.6 Å². The van der Waals surface area contributed by atoms with Crippen molar-refractivity contribution in [1.82, 2.24) is 20.3 Å². The van der Waals surface area contributed by atoms with E-state index in [-0.39, 0.29) is 6.03 Å². The Morgan fingerprint density at radius 1 is 1.23 bits per heavy atom. The van der Waals surface area contributed by atoms with Gasteiger partial charge < -0.3 is 10.2 Å². The fourth-order valence-electron chi connectivity index (χ4n) is 3.44. The van der Waals surface area contributed by atoms with Crippen LogP contribution in [-0.2, 0) is 6.54 Å². The Morgan fingerprint density at radius 3 is 2.92 bits per heavy atom. The molecule has 7 heteroatoms. The minimum absolute atomic E-state index is 0.183. The molecule has 2 aliphatic rings. The highest BCUT2D eigenvalue weighted by Crippen LogP contribution is 2.36. The van der Waals surface area contributed by atoms with Crippen LogP contribution in [0.3, 0.4) is 0 Å². The number of likely N-dealkylation sites (N-methyl/N-ethyl adjacent to an activating group) is 1. The van der Waals surface area contributed by atoms with Crippen molar-refractivity contribution in [2.75, 3.05) is 36.9 Å². The highest BCUT2D eigenvalue weighted by molar-refractivity contribution is 6.02.